The van der Waals surface area contributed by atoms with E-state index in [1.54, 1.807) is 18.2 Å². The number of sulfone groups is 1. The zero-order valence-corrected chi connectivity index (χ0v) is 16.5. The van der Waals surface area contributed by atoms with E-state index in [-0.39, 0.29) is 0 Å². The average Bonchev–Trinajstić information content (AvgIpc) is 2.53. The van der Waals surface area contributed by atoms with Gasteiger partial charge in [-0.25, -0.2) is 8.42 Å². The van der Waals surface area contributed by atoms with E-state index >= 15 is 0 Å². The molecule has 0 spiro atoms. The first-order valence-electron chi connectivity index (χ1n) is 6.97. The normalized spacial score (nSPS) is 12.1. The van der Waals surface area contributed by atoms with Gasteiger partial charge in [0.05, 0.1) is 0 Å². The Balaban J connectivity index is 1.98. The highest BCUT2D eigenvalue weighted by Crippen LogP contribution is 2.13. The minimum absolute atomic E-state index is 0.460. The van der Waals surface area contributed by atoms with Gasteiger partial charge in [-0.3, -0.25) is 4.79 Å². The molecule has 0 radical (unpaired) electrons. The number of benzene rings is 2. The highest BCUT2D eigenvalue weighted by molar-refractivity contribution is 9.10. The number of allylic oxidation sites excluding steroid dienone is 1. The van der Waals surface area contributed by atoms with Crippen LogP contribution in [0.5, 0.6) is 0 Å². The molecule has 2 rings (SSSR count). The van der Waals surface area contributed by atoms with Gasteiger partial charge < -0.3 is 0 Å². The van der Waals surface area contributed by atoms with Gasteiger partial charge in [-0.1, -0.05) is 62.2 Å². The smallest absolute Gasteiger partial charge is 0.179 e. The molecule has 0 atom stereocenters. The third-order valence-corrected chi connectivity index (χ3v) is 5.31. The molecule has 0 fully saturated rings. The summed E-state index contributed by atoms with van der Waals surface area (Å²) in [5.74, 6) is -1.01. The molecule has 0 aliphatic heterocycles. The third-order valence-electron chi connectivity index (χ3n) is 3.01. The first kappa shape index (κ1) is 18.8. The van der Waals surface area contributed by atoms with Gasteiger partial charge in [-0.2, -0.15) is 0 Å². The van der Waals surface area contributed by atoms with Crippen molar-refractivity contribution in [3.63, 3.8) is 0 Å². The van der Waals surface area contributed by atoms with E-state index < -0.39 is 21.4 Å². The van der Waals surface area contributed by atoms with Gasteiger partial charge in [0.1, 0.15) is 5.75 Å². The zero-order valence-electron chi connectivity index (χ0n) is 12.5. The largest absolute Gasteiger partial charge is 0.294 e. The van der Waals surface area contributed by atoms with Crippen LogP contribution in [-0.2, 0) is 14.6 Å². The van der Waals surface area contributed by atoms with Gasteiger partial charge in [0, 0.05) is 14.4 Å². The molecule has 0 amide bonds. The van der Waals surface area contributed by atoms with E-state index in [0.29, 0.717) is 0 Å². The molecule has 2 aromatic rings. The summed E-state index contributed by atoms with van der Waals surface area (Å²) in [6.07, 6.45) is 4.37. The molecule has 0 saturated heterocycles. The molecule has 0 bridgehead atoms. The van der Waals surface area contributed by atoms with E-state index in [0.717, 1.165) is 25.5 Å². The Morgan fingerprint density at radius 2 is 1.29 bits per heavy atom. The number of carbonyl (C=O) groups is 1. The van der Waals surface area contributed by atoms with Crippen molar-refractivity contribution < 1.29 is 13.2 Å². The summed E-state index contributed by atoms with van der Waals surface area (Å²) in [6.45, 7) is 0. The van der Waals surface area contributed by atoms with Gasteiger partial charge >= 0.3 is 0 Å². The van der Waals surface area contributed by atoms with Crippen molar-refractivity contribution in [2.75, 3.05) is 5.75 Å². The molecule has 0 unspecified atom stereocenters. The van der Waals surface area contributed by atoms with Crippen LogP contribution in [0.25, 0.3) is 12.2 Å². The van der Waals surface area contributed by atoms with Crippen LogP contribution >= 0.6 is 31.9 Å². The topological polar surface area (TPSA) is 51.2 Å². The summed E-state index contributed by atoms with van der Waals surface area (Å²) >= 11 is 6.64. The maximum absolute atomic E-state index is 12.0. The molecule has 6 heteroatoms. The monoisotopic (exact) mass is 468 g/mol. The van der Waals surface area contributed by atoms with Gasteiger partial charge in [0.25, 0.3) is 0 Å². The van der Waals surface area contributed by atoms with Crippen molar-refractivity contribution >= 4 is 59.6 Å². The number of halogens is 2. The van der Waals surface area contributed by atoms with E-state index in [4.69, 9.17) is 0 Å². The Morgan fingerprint density at radius 1 is 0.833 bits per heavy atom. The Hall–Kier alpha value is -1.50. The summed E-state index contributed by atoms with van der Waals surface area (Å²) in [6, 6.07) is 14.6. The van der Waals surface area contributed by atoms with Crippen molar-refractivity contribution in [3.8, 4) is 0 Å². The lowest BCUT2D eigenvalue weighted by atomic mass is 10.2. The second kappa shape index (κ2) is 8.55. The lowest BCUT2D eigenvalue weighted by Gasteiger charge is -1.97. The van der Waals surface area contributed by atoms with Crippen LogP contribution in [0.1, 0.15) is 11.1 Å². The van der Waals surface area contributed by atoms with Gasteiger partial charge in [-0.05, 0) is 47.5 Å². The first-order valence-corrected chi connectivity index (χ1v) is 10.3. The fourth-order valence-corrected chi connectivity index (χ4v) is 3.30. The summed E-state index contributed by atoms with van der Waals surface area (Å²) in [7, 11) is -3.60. The van der Waals surface area contributed by atoms with Crippen molar-refractivity contribution in [2.45, 2.75) is 0 Å². The Bertz CT molecular complexity index is 865. The predicted molar refractivity (Wildman–Crippen MR) is 105 cm³/mol. The van der Waals surface area contributed by atoms with Crippen LogP contribution in [-0.4, -0.2) is 20.0 Å². The lowest BCUT2D eigenvalue weighted by Crippen LogP contribution is -2.11. The van der Waals surface area contributed by atoms with E-state index in [2.05, 4.69) is 31.9 Å². The van der Waals surface area contributed by atoms with Crippen LogP contribution in [0, 0.1) is 0 Å². The second-order valence-corrected chi connectivity index (χ2v) is 8.73. The van der Waals surface area contributed by atoms with Crippen LogP contribution in [0.15, 0.2) is 69.0 Å². The highest BCUT2D eigenvalue weighted by atomic mass is 79.9. The number of carbonyl (C=O) groups excluding carboxylic acids is 1. The molecule has 0 N–H and O–H groups in total. The lowest BCUT2D eigenvalue weighted by molar-refractivity contribution is -0.112. The van der Waals surface area contributed by atoms with E-state index in [1.807, 2.05) is 36.4 Å². The number of hydrogen-bond acceptors (Lipinski definition) is 3. The number of ketones is 1. The second-order valence-electron chi connectivity index (χ2n) is 5.01. The van der Waals surface area contributed by atoms with Gasteiger partial charge in [0.2, 0.25) is 0 Å². The molecule has 124 valence electrons. The van der Waals surface area contributed by atoms with Crippen LogP contribution in [0.4, 0.5) is 0 Å². The molecule has 0 saturated carbocycles. The molecule has 2 aromatic carbocycles. The molecular formula is C18H14Br2O3S. The number of hydrogen-bond donors (Lipinski definition) is 0. The van der Waals surface area contributed by atoms with Crippen LogP contribution in [0.2, 0.25) is 0 Å². The highest BCUT2D eigenvalue weighted by Gasteiger charge is 2.11. The van der Waals surface area contributed by atoms with Crippen molar-refractivity contribution in [1.82, 2.24) is 0 Å². The summed E-state index contributed by atoms with van der Waals surface area (Å²) < 4.78 is 25.8. The molecule has 0 heterocycles. The SMILES string of the molecule is O=C(C=Cc1ccc(Br)cc1)CS(=O)(=O)C=Cc1ccc(Br)cc1. The number of rotatable bonds is 6. The zero-order chi connectivity index (χ0) is 17.6. The van der Waals surface area contributed by atoms with Crippen LogP contribution in [0.3, 0.4) is 0 Å². The standard InChI is InChI=1S/C18H14Br2O3S/c19-16-6-1-14(2-7-16)5-10-18(21)13-24(22,23)12-11-15-3-8-17(20)9-4-15/h1-12H,13H2. The maximum Gasteiger partial charge on any atom is 0.179 e. The minimum Gasteiger partial charge on any atom is -0.294 e. The summed E-state index contributed by atoms with van der Waals surface area (Å²) in [5, 5.41) is 1.07. The summed E-state index contributed by atoms with van der Waals surface area (Å²) in [5.41, 5.74) is 1.58. The van der Waals surface area contributed by atoms with Crippen LogP contribution < -0.4 is 0 Å². The van der Waals surface area contributed by atoms with Crippen molar-refractivity contribution in [1.29, 1.82) is 0 Å². The Labute approximate surface area is 158 Å². The minimum atomic E-state index is -3.60. The molecule has 0 aliphatic carbocycles. The van der Waals surface area contributed by atoms with Crippen molar-refractivity contribution in [3.05, 3.63) is 80.1 Å². The molecule has 0 aliphatic rings. The Kier molecular flexibility index (Phi) is 6.71. The maximum atomic E-state index is 12.0. The molecule has 24 heavy (non-hydrogen) atoms. The fourth-order valence-electron chi connectivity index (χ4n) is 1.81. The van der Waals surface area contributed by atoms with Crippen molar-refractivity contribution in [2.24, 2.45) is 0 Å². The molecule has 3 nitrogen and oxygen atoms in total. The first-order chi connectivity index (χ1) is 11.3. The summed E-state index contributed by atoms with van der Waals surface area (Å²) in [4.78, 5) is 11.8. The molecular weight excluding hydrogens is 456 g/mol. The Morgan fingerprint density at radius 3 is 1.79 bits per heavy atom. The third kappa shape index (κ3) is 6.55. The van der Waals surface area contributed by atoms with Gasteiger partial charge in [-0.15, -0.1) is 0 Å². The van der Waals surface area contributed by atoms with E-state index in [1.165, 1.54) is 12.2 Å². The average molecular weight is 470 g/mol. The van der Waals surface area contributed by atoms with E-state index in [9.17, 15) is 13.2 Å². The fraction of sp³-hybridized carbons (Fsp3) is 0.0556. The van der Waals surface area contributed by atoms with Gasteiger partial charge in [0.15, 0.2) is 15.6 Å². The predicted octanol–water partition coefficient (Wildman–Crippen LogP) is 4.88. The molecule has 0 aromatic heterocycles. The quantitative estimate of drug-likeness (QED) is 0.566.